The molecule has 1 heterocycles. The van der Waals surface area contributed by atoms with E-state index in [1.165, 1.54) is 5.56 Å². The van der Waals surface area contributed by atoms with E-state index < -0.39 is 0 Å². The zero-order valence-electron chi connectivity index (χ0n) is 7.30. The lowest BCUT2D eigenvalue weighted by Gasteiger charge is -2.10. The third-order valence-corrected chi connectivity index (χ3v) is 2.61. The zero-order chi connectivity index (χ0) is 8.97. The summed E-state index contributed by atoms with van der Waals surface area (Å²) in [5.41, 5.74) is 2.35. The summed E-state index contributed by atoms with van der Waals surface area (Å²) < 4.78 is 5.24. The molecule has 0 aliphatic rings. The molecule has 1 aromatic heterocycles. The van der Waals surface area contributed by atoms with E-state index in [1.807, 2.05) is 13.1 Å². The number of halogens is 1. The molecule has 12 heavy (non-hydrogen) atoms. The Hall–Kier alpha value is -0.350. The van der Waals surface area contributed by atoms with E-state index >= 15 is 0 Å². The number of hydrogen-bond acceptors (Lipinski definition) is 2. The van der Waals surface area contributed by atoms with E-state index in [0.717, 1.165) is 17.4 Å². The van der Waals surface area contributed by atoms with E-state index in [0.29, 0.717) is 0 Å². The van der Waals surface area contributed by atoms with Crippen LogP contribution in [0.15, 0.2) is 6.20 Å². The molecule has 0 saturated carbocycles. The topological polar surface area (TPSA) is 37.9 Å². The van der Waals surface area contributed by atoms with Crippen molar-refractivity contribution in [3.8, 4) is 0 Å². The molecular formula is C8H13BrN2O. The molecule has 0 radical (unpaired) electrons. The Morgan fingerprint density at radius 2 is 2.50 bits per heavy atom. The number of rotatable bonds is 4. The highest BCUT2D eigenvalue weighted by molar-refractivity contribution is 9.09. The average molecular weight is 233 g/mol. The third kappa shape index (κ3) is 2.32. The van der Waals surface area contributed by atoms with E-state index in [4.69, 9.17) is 4.74 Å². The molecule has 1 rings (SSSR count). The highest BCUT2D eigenvalue weighted by Gasteiger charge is 2.09. The molecule has 1 N–H and O–H groups in total. The van der Waals surface area contributed by atoms with Crippen LogP contribution in [0, 0.1) is 6.92 Å². The van der Waals surface area contributed by atoms with E-state index in [-0.39, 0.29) is 6.10 Å². The number of hydrogen-bond donors (Lipinski definition) is 1. The van der Waals surface area contributed by atoms with Crippen molar-refractivity contribution < 1.29 is 4.74 Å². The number of aromatic amines is 1. The van der Waals surface area contributed by atoms with Crippen molar-refractivity contribution in [3.05, 3.63) is 17.5 Å². The van der Waals surface area contributed by atoms with Crippen molar-refractivity contribution in [1.29, 1.82) is 0 Å². The smallest absolute Gasteiger partial charge is 0.0709 e. The van der Waals surface area contributed by atoms with Crippen LogP contribution in [0.5, 0.6) is 0 Å². The number of methoxy groups -OCH3 is 1. The lowest BCUT2D eigenvalue weighted by atomic mass is 10.1. The molecule has 3 nitrogen and oxygen atoms in total. The molecule has 0 amide bonds. The Balaban J connectivity index is 2.56. The number of alkyl halides is 1. The van der Waals surface area contributed by atoms with Crippen LogP contribution < -0.4 is 0 Å². The van der Waals surface area contributed by atoms with E-state index in [9.17, 15) is 0 Å². The van der Waals surface area contributed by atoms with Gasteiger partial charge in [-0.2, -0.15) is 5.10 Å². The Labute approximate surface area is 80.6 Å². The van der Waals surface area contributed by atoms with Gasteiger partial charge in [0, 0.05) is 24.6 Å². The van der Waals surface area contributed by atoms with Gasteiger partial charge in [-0.1, -0.05) is 15.9 Å². The van der Waals surface area contributed by atoms with Gasteiger partial charge in [-0.05, 0) is 12.5 Å². The molecule has 0 aromatic carbocycles. The predicted octanol–water partition coefficient (Wildman–Crippen LogP) is 1.67. The maximum absolute atomic E-state index is 5.24. The largest absolute Gasteiger partial charge is 0.380 e. The van der Waals surface area contributed by atoms with Gasteiger partial charge in [0.25, 0.3) is 0 Å². The van der Waals surface area contributed by atoms with Crippen molar-refractivity contribution in [2.45, 2.75) is 19.4 Å². The fourth-order valence-electron chi connectivity index (χ4n) is 1.03. The minimum atomic E-state index is 0.237. The molecule has 0 unspecified atom stereocenters. The minimum absolute atomic E-state index is 0.237. The Kier molecular flexibility index (Phi) is 3.75. The summed E-state index contributed by atoms with van der Waals surface area (Å²) in [4.78, 5) is 0. The van der Waals surface area contributed by atoms with Crippen molar-refractivity contribution >= 4 is 15.9 Å². The standard InChI is InChI=1S/C8H13BrN2O/c1-6-7(5-10-11-6)3-8(4-9)12-2/h5,8H,3-4H2,1-2H3,(H,10,11)/t8-/m0/s1. The van der Waals surface area contributed by atoms with Crippen LogP contribution in [0.4, 0.5) is 0 Å². The van der Waals surface area contributed by atoms with Gasteiger partial charge in [-0.25, -0.2) is 0 Å². The van der Waals surface area contributed by atoms with Crippen LogP contribution >= 0.6 is 15.9 Å². The molecule has 68 valence electrons. The van der Waals surface area contributed by atoms with Gasteiger partial charge in [-0.15, -0.1) is 0 Å². The van der Waals surface area contributed by atoms with Crippen molar-refractivity contribution in [2.75, 3.05) is 12.4 Å². The number of H-pyrrole nitrogens is 1. The lowest BCUT2D eigenvalue weighted by molar-refractivity contribution is 0.123. The summed E-state index contributed by atoms with van der Waals surface area (Å²) >= 11 is 3.39. The average Bonchev–Trinajstić information content (AvgIpc) is 2.47. The van der Waals surface area contributed by atoms with Crippen molar-refractivity contribution in [2.24, 2.45) is 0 Å². The molecule has 1 atom stereocenters. The van der Waals surface area contributed by atoms with Gasteiger partial charge in [0.05, 0.1) is 12.3 Å². The first kappa shape index (κ1) is 9.74. The molecule has 0 fully saturated rings. The number of nitrogens with one attached hydrogen (secondary N) is 1. The highest BCUT2D eigenvalue weighted by atomic mass is 79.9. The third-order valence-electron chi connectivity index (χ3n) is 1.89. The number of ether oxygens (including phenoxy) is 1. The monoisotopic (exact) mass is 232 g/mol. The first-order valence-electron chi connectivity index (χ1n) is 3.85. The van der Waals surface area contributed by atoms with Crippen LogP contribution in [0.1, 0.15) is 11.3 Å². The maximum atomic E-state index is 5.24. The van der Waals surface area contributed by atoms with Crippen LogP contribution in [0.25, 0.3) is 0 Å². The van der Waals surface area contributed by atoms with Gasteiger partial charge >= 0.3 is 0 Å². The van der Waals surface area contributed by atoms with Gasteiger partial charge < -0.3 is 4.74 Å². The van der Waals surface area contributed by atoms with Crippen LogP contribution in [-0.4, -0.2) is 28.7 Å². The second-order valence-electron chi connectivity index (χ2n) is 2.74. The summed E-state index contributed by atoms with van der Waals surface area (Å²) in [7, 11) is 1.72. The molecule has 0 aliphatic carbocycles. The first-order chi connectivity index (χ1) is 5.77. The molecule has 0 bridgehead atoms. The Bertz CT molecular complexity index is 233. The summed E-state index contributed by atoms with van der Waals surface area (Å²) in [5, 5.41) is 7.70. The second kappa shape index (κ2) is 4.62. The molecule has 0 spiro atoms. The molecular weight excluding hydrogens is 220 g/mol. The predicted molar refractivity (Wildman–Crippen MR) is 51.6 cm³/mol. The first-order valence-corrected chi connectivity index (χ1v) is 4.97. The lowest BCUT2D eigenvalue weighted by Crippen LogP contribution is -2.15. The SMILES string of the molecule is CO[C@H](CBr)Cc1cn[nH]c1C. The molecule has 0 saturated heterocycles. The van der Waals surface area contributed by atoms with Gasteiger partial charge in [0.1, 0.15) is 0 Å². The quantitative estimate of drug-likeness (QED) is 0.803. The number of aryl methyl sites for hydroxylation is 1. The summed E-state index contributed by atoms with van der Waals surface area (Å²) in [5.74, 6) is 0. The highest BCUT2D eigenvalue weighted by Crippen LogP contribution is 2.09. The summed E-state index contributed by atoms with van der Waals surface area (Å²) in [6.07, 6.45) is 3.00. The maximum Gasteiger partial charge on any atom is 0.0709 e. The van der Waals surface area contributed by atoms with E-state index in [2.05, 4.69) is 26.1 Å². The number of aromatic nitrogens is 2. The zero-order valence-corrected chi connectivity index (χ0v) is 8.89. The van der Waals surface area contributed by atoms with Crippen LogP contribution in [0.3, 0.4) is 0 Å². The molecule has 1 aromatic rings. The molecule has 4 heteroatoms. The van der Waals surface area contributed by atoms with Crippen molar-refractivity contribution in [1.82, 2.24) is 10.2 Å². The summed E-state index contributed by atoms with van der Waals surface area (Å²) in [6, 6.07) is 0. The van der Waals surface area contributed by atoms with Gasteiger partial charge in [-0.3, -0.25) is 5.10 Å². The summed E-state index contributed by atoms with van der Waals surface area (Å²) in [6.45, 7) is 2.02. The van der Waals surface area contributed by atoms with E-state index in [1.54, 1.807) is 7.11 Å². The van der Waals surface area contributed by atoms with Crippen LogP contribution in [-0.2, 0) is 11.2 Å². The second-order valence-corrected chi connectivity index (χ2v) is 3.38. The van der Waals surface area contributed by atoms with Gasteiger partial charge in [0.15, 0.2) is 0 Å². The Morgan fingerprint density at radius 1 is 1.75 bits per heavy atom. The molecule has 0 aliphatic heterocycles. The van der Waals surface area contributed by atoms with Gasteiger partial charge in [0.2, 0.25) is 0 Å². The fraction of sp³-hybridized carbons (Fsp3) is 0.625. The fourth-order valence-corrected chi connectivity index (χ4v) is 1.52. The Morgan fingerprint density at radius 3 is 2.92 bits per heavy atom. The minimum Gasteiger partial charge on any atom is -0.380 e. The number of nitrogens with zero attached hydrogens (tertiary/aromatic N) is 1. The van der Waals surface area contributed by atoms with Crippen molar-refractivity contribution in [3.63, 3.8) is 0 Å². The van der Waals surface area contributed by atoms with Crippen LogP contribution in [0.2, 0.25) is 0 Å². The normalized spacial score (nSPS) is 13.2.